The molecule has 0 bridgehead atoms. The second kappa shape index (κ2) is 9.93. The van der Waals surface area contributed by atoms with Gasteiger partial charge < -0.3 is 19.1 Å². The second-order valence-corrected chi connectivity index (χ2v) is 7.87. The Labute approximate surface area is 163 Å². The summed E-state index contributed by atoms with van der Waals surface area (Å²) in [5.41, 5.74) is 0.611. The Morgan fingerprint density at radius 2 is 1.81 bits per heavy atom. The van der Waals surface area contributed by atoms with Gasteiger partial charge in [-0.2, -0.15) is 0 Å². The van der Waals surface area contributed by atoms with Gasteiger partial charge in [0.2, 0.25) is 5.91 Å². The Bertz CT molecular complexity index is 631. The van der Waals surface area contributed by atoms with E-state index in [1.807, 2.05) is 23.6 Å². The molecule has 6 nitrogen and oxygen atoms in total. The Hall–Kier alpha value is -1.82. The summed E-state index contributed by atoms with van der Waals surface area (Å²) in [6.45, 7) is 15.7. The third kappa shape index (κ3) is 6.09. The molecule has 2 rings (SSSR count). The maximum Gasteiger partial charge on any atom is 0.257 e. The molecule has 1 fully saturated rings. The van der Waals surface area contributed by atoms with Crippen LogP contribution in [0, 0.1) is 19.8 Å². The predicted octanol–water partition coefficient (Wildman–Crippen LogP) is 2.94. The van der Waals surface area contributed by atoms with Gasteiger partial charge in [-0.1, -0.05) is 20.8 Å². The maximum atomic E-state index is 13.0. The molecule has 27 heavy (non-hydrogen) atoms. The van der Waals surface area contributed by atoms with E-state index in [-0.39, 0.29) is 11.8 Å². The first-order valence-electron chi connectivity index (χ1n) is 10.2. The van der Waals surface area contributed by atoms with Crippen molar-refractivity contribution in [3.63, 3.8) is 0 Å². The number of carbonyl (C=O) groups excluding carboxylic acids is 2. The molecule has 2 heterocycles. The molecular formula is C21H35N3O3. The molecule has 0 unspecified atom stereocenters. The Morgan fingerprint density at radius 1 is 1.15 bits per heavy atom. The van der Waals surface area contributed by atoms with E-state index in [1.165, 1.54) is 0 Å². The average Bonchev–Trinajstić information content (AvgIpc) is 2.99. The zero-order valence-corrected chi connectivity index (χ0v) is 17.6. The molecule has 2 amide bonds. The fraction of sp³-hybridized carbons (Fsp3) is 0.714. The smallest absolute Gasteiger partial charge is 0.257 e. The number of nitrogens with zero attached hydrogens (tertiary/aromatic N) is 3. The first-order valence-corrected chi connectivity index (χ1v) is 10.2. The second-order valence-electron chi connectivity index (χ2n) is 7.87. The summed E-state index contributed by atoms with van der Waals surface area (Å²) in [6, 6.07) is 1.80. The van der Waals surface area contributed by atoms with E-state index in [9.17, 15) is 9.59 Å². The molecule has 0 spiro atoms. The van der Waals surface area contributed by atoms with Gasteiger partial charge in [0.1, 0.15) is 11.5 Å². The molecule has 6 heteroatoms. The first kappa shape index (κ1) is 21.5. The monoisotopic (exact) mass is 377 g/mol. The van der Waals surface area contributed by atoms with Crippen molar-refractivity contribution in [3.8, 4) is 0 Å². The van der Waals surface area contributed by atoms with E-state index in [4.69, 9.17) is 4.42 Å². The topological polar surface area (TPSA) is 57.0 Å². The molecule has 1 aliphatic heterocycles. The fourth-order valence-corrected chi connectivity index (χ4v) is 3.44. The summed E-state index contributed by atoms with van der Waals surface area (Å²) in [6.07, 6.45) is 1.30. The molecule has 0 atom stereocenters. The average molecular weight is 378 g/mol. The summed E-state index contributed by atoms with van der Waals surface area (Å²) >= 11 is 0. The summed E-state index contributed by atoms with van der Waals surface area (Å²) in [4.78, 5) is 31.7. The molecule has 0 N–H and O–H groups in total. The number of rotatable bonds is 8. The van der Waals surface area contributed by atoms with Crippen LogP contribution in [0.4, 0.5) is 0 Å². The van der Waals surface area contributed by atoms with E-state index in [0.717, 1.165) is 44.9 Å². The molecule has 0 radical (unpaired) electrons. The highest BCUT2D eigenvalue weighted by Gasteiger charge is 2.24. The summed E-state index contributed by atoms with van der Waals surface area (Å²) in [5, 5.41) is 0. The third-order valence-corrected chi connectivity index (χ3v) is 5.30. The fourth-order valence-electron chi connectivity index (χ4n) is 3.44. The summed E-state index contributed by atoms with van der Waals surface area (Å²) < 4.78 is 5.53. The van der Waals surface area contributed by atoms with Crippen molar-refractivity contribution >= 4 is 11.8 Å². The van der Waals surface area contributed by atoms with Crippen LogP contribution >= 0.6 is 0 Å². The van der Waals surface area contributed by atoms with Crippen LogP contribution in [0.1, 0.15) is 55.5 Å². The van der Waals surface area contributed by atoms with Gasteiger partial charge in [0.15, 0.2) is 0 Å². The van der Waals surface area contributed by atoms with Gasteiger partial charge in [0, 0.05) is 45.7 Å². The number of likely N-dealkylation sites (N-methyl/N-ethyl adjacent to an activating group) is 1. The van der Waals surface area contributed by atoms with Gasteiger partial charge in [-0.25, -0.2) is 0 Å². The Balaban J connectivity index is 1.96. The van der Waals surface area contributed by atoms with Crippen molar-refractivity contribution in [1.29, 1.82) is 0 Å². The van der Waals surface area contributed by atoms with Crippen LogP contribution in [0.3, 0.4) is 0 Å². The molecule has 0 aromatic carbocycles. The molecule has 1 aromatic heterocycles. The van der Waals surface area contributed by atoms with Gasteiger partial charge in [-0.15, -0.1) is 0 Å². The number of aryl methyl sites for hydroxylation is 2. The van der Waals surface area contributed by atoms with Crippen LogP contribution < -0.4 is 0 Å². The highest BCUT2D eigenvalue weighted by molar-refractivity contribution is 5.95. The molecule has 0 saturated carbocycles. The molecule has 1 aromatic rings. The van der Waals surface area contributed by atoms with E-state index in [0.29, 0.717) is 36.8 Å². The molecule has 0 aliphatic carbocycles. The number of piperazine rings is 1. The first-order chi connectivity index (χ1) is 12.8. The quantitative estimate of drug-likeness (QED) is 0.699. The minimum atomic E-state index is -0.0337. The van der Waals surface area contributed by atoms with Gasteiger partial charge >= 0.3 is 0 Å². The van der Waals surface area contributed by atoms with Crippen LogP contribution in [0.15, 0.2) is 10.5 Å². The van der Waals surface area contributed by atoms with Crippen LogP contribution in [0.2, 0.25) is 0 Å². The summed E-state index contributed by atoms with van der Waals surface area (Å²) in [5.74, 6) is 2.01. The van der Waals surface area contributed by atoms with Crippen LogP contribution in [0.25, 0.3) is 0 Å². The minimum absolute atomic E-state index is 0.0337. The Kier molecular flexibility index (Phi) is 7.90. The van der Waals surface area contributed by atoms with Crippen molar-refractivity contribution < 1.29 is 14.0 Å². The summed E-state index contributed by atoms with van der Waals surface area (Å²) in [7, 11) is 0. The molecule has 1 saturated heterocycles. The molecular weight excluding hydrogens is 342 g/mol. The van der Waals surface area contributed by atoms with Crippen molar-refractivity contribution in [1.82, 2.24) is 14.7 Å². The van der Waals surface area contributed by atoms with Gasteiger partial charge in [-0.05, 0) is 38.8 Å². The van der Waals surface area contributed by atoms with Crippen molar-refractivity contribution in [2.24, 2.45) is 5.92 Å². The largest absolute Gasteiger partial charge is 0.466 e. The molecule has 152 valence electrons. The zero-order chi connectivity index (χ0) is 20.0. The number of hydrogen-bond acceptors (Lipinski definition) is 4. The number of carbonyl (C=O) groups is 2. The van der Waals surface area contributed by atoms with Crippen molar-refractivity contribution in [3.05, 3.63) is 23.2 Å². The van der Waals surface area contributed by atoms with Gasteiger partial charge in [0.05, 0.1) is 5.56 Å². The highest BCUT2D eigenvalue weighted by atomic mass is 16.3. The van der Waals surface area contributed by atoms with Crippen molar-refractivity contribution in [2.45, 2.75) is 47.5 Å². The normalized spacial score (nSPS) is 15.4. The minimum Gasteiger partial charge on any atom is -0.466 e. The van der Waals surface area contributed by atoms with E-state index in [1.54, 1.807) is 6.07 Å². The number of hydrogen-bond donors (Lipinski definition) is 0. The lowest BCUT2D eigenvalue weighted by Gasteiger charge is -2.34. The van der Waals surface area contributed by atoms with Crippen LogP contribution in [-0.4, -0.2) is 72.3 Å². The molecule has 1 aliphatic rings. The lowest BCUT2D eigenvalue weighted by atomic mass is 10.1. The number of amides is 2. The van der Waals surface area contributed by atoms with Crippen LogP contribution in [-0.2, 0) is 4.79 Å². The van der Waals surface area contributed by atoms with Gasteiger partial charge in [-0.3, -0.25) is 9.59 Å². The van der Waals surface area contributed by atoms with E-state index < -0.39 is 0 Å². The highest BCUT2D eigenvalue weighted by Crippen LogP contribution is 2.17. The van der Waals surface area contributed by atoms with Gasteiger partial charge in [0.25, 0.3) is 5.91 Å². The predicted molar refractivity (Wildman–Crippen MR) is 107 cm³/mol. The lowest BCUT2D eigenvalue weighted by molar-refractivity contribution is -0.133. The number of furan rings is 1. The SMILES string of the molecule is CCN1CCN(C(=O)CCN(CCC(C)C)C(=O)c2cc(C)oc2C)CC1. The lowest BCUT2D eigenvalue weighted by Crippen LogP contribution is -2.49. The van der Waals surface area contributed by atoms with Crippen LogP contribution in [0.5, 0.6) is 0 Å². The standard InChI is InChI=1S/C21H35N3O3/c1-6-22-11-13-23(14-12-22)20(25)8-10-24(9-7-16(2)3)21(26)19-15-17(4)27-18(19)5/h15-16H,6-14H2,1-5H3. The van der Waals surface area contributed by atoms with E-state index >= 15 is 0 Å². The van der Waals surface area contributed by atoms with E-state index in [2.05, 4.69) is 25.7 Å². The Morgan fingerprint density at radius 3 is 2.33 bits per heavy atom. The maximum absolute atomic E-state index is 13.0. The third-order valence-electron chi connectivity index (χ3n) is 5.30. The zero-order valence-electron chi connectivity index (χ0n) is 17.6. The van der Waals surface area contributed by atoms with Crippen molar-refractivity contribution in [2.75, 3.05) is 45.8 Å².